The van der Waals surface area contributed by atoms with Gasteiger partial charge in [-0.05, 0) is 31.6 Å². The highest BCUT2D eigenvalue weighted by Crippen LogP contribution is 2.32. The van der Waals surface area contributed by atoms with E-state index in [9.17, 15) is 5.11 Å². The van der Waals surface area contributed by atoms with E-state index in [4.69, 9.17) is 0 Å². The predicted molar refractivity (Wildman–Crippen MR) is 70.4 cm³/mol. The summed E-state index contributed by atoms with van der Waals surface area (Å²) in [6, 6.07) is 0. The second-order valence-electron chi connectivity index (χ2n) is 5.13. The molecule has 1 aliphatic rings. The molecule has 1 fully saturated rings. The summed E-state index contributed by atoms with van der Waals surface area (Å²) in [7, 11) is 0. The van der Waals surface area contributed by atoms with E-state index in [1.165, 1.54) is 11.5 Å². The van der Waals surface area contributed by atoms with Gasteiger partial charge in [-0.25, -0.2) is 4.98 Å². The van der Waals surface area contributed by atoms with Crippen LogP contribution in [0.1, 0.15) is 45.4 Å². The molecule has 0 aliphatic heterocycles. The smallest absolute Gasteiger partial charge is 0.202 e. The van der Waals surface area contributed by atoms with Gasteiger partial charge in [0.25, 0.3) is 0 Å². The minimum atomic E-state index is -0.551. The molecule has 17 heavy (non-hydrogen) atoms. The Bertz CT molecular complexity index is 358. The van der Waals surface area contributed by atoms with Crippen LogP contribution in [0.15, 0.2) is 0 Å². The fourth-order valence-corrected chi connectivity index (χ4v) is 2.83. The molecular formula is C12H21N3OS. The molecule has 1 heterocycles. The lowest BCUT2D eigenvalue weighted by Crippen LogP contribution is -2.40. The average molecular weight is 255 g/mol. The van der Waals surface area contributed by atoms with Crippen LogP contribution in [0.5, 0.6) is 0 Å². The highest BCUT2D eigenvalue weighted by molar-refractivity contribution is 7.09. The Labute approximate surface area is 107 Å². The molecule has 2 rings (SSSR count). The number of aliphatic hydroxyl groups is 1. The fraction of sp³-hybridized carbons (Fsp3) is 0.833. The largest absolute Gasteiger partial charge is 0.388 e. The van der Waals surface area contributed by atoms with Crippen molar-refractivity contribution < 1.29 is 5.11 Å². The standard InChI is InChI=1S/C12H21N3OS/c1-3-10-14-11(17-15-10)13-8-12(16)6-4-9(2)5-7-12/h9,16H,3-8H2,1-2H3,(H,13,14,15). The minimum absolute atomic E-state index is 0.551. The number of hydrogen-bond acceptors (Lipinski definition) is 5. The lowest BCUT2D eigenvalue weighted by molar-refractivity contribution is 0.00501. The zero-order valence-electron chi connectivity index (χ0n) is 10.6. The molecular weight excluding hydrogens is 234 g/mol. The van der Waals surface area contributed by atoms with Crippen LogP contribution in [0.3, 0.4) is 0 Å². The van der Waals surface area contributed by atoms with Gasteiger partial charge in [0.15, 0.2) is 0 Å². The molecule has 0 unspecified atom stereocenters. The number of hydrogen-bond donors (Lipinski definition) is 2. The second-order valence-corrected chi connectivity index (χ2v) is 5.88. The van der Waals surface area contributed by atoms with E-state index < -0.39 is 5.60 Å². The number of aromatic nitrogens is 2. The Kier molecular flexibility index (Phi) is 3.99. The Hall–Kier alpha value is -0.680. The summed E-state index contributed by atoms with van der Waals surface area (Å²) in [5, 5.41) is 14.5. The van der Waals surface area contributed by atoms with E-state index >= 15 is 0 Å². The first-order valence-electron chi connectivity index (χ1n) is 6.40. The van der Waals surface area contributed by atoms with Gasteiger partial charge in [-0.1, -0.05) is 13.8 Å². The number of aryl methyl sites for hydroxylation is 1. The maximum Gasteiger partial charge on any atom is 0.202 e. The van der Waals surface area contributed by atoms with Gasteiger partial charge < -0.3 is 10.4 Å². The van der Waals surface area contributed by atoms with Crippen LogP contribution in [0.4, 0.5) is 5.13 Å². The number of nitrogens with zero attached hydrogens (tertiary/aromatic N) is 2. The van der Waals surface area contributed by atoms with Gasteiger partial charge in [0.05, 0.1) is 5.60 Å². The summed E-state index contributed by atoms with van der Waals surface area (Å²) >= 11 is 1.38. The van der Waals surface area contributed by atoms with E-state index in [0.29, 0.717) is 6.54 Å². The summed E-state index contributed by atoms with van der Waals surface area (Å²) in [5.41, 5.74) is -0.551. The molecule has 4 nitrogen and oxygen atoms in total. The normalized spacial score (nSPS) is 29.2. The van der Waals surface area contributed by atoms with Crippen LogP contribution >= 0.6 is 11.5 Å². The molecule has 96 valence electrons. The lowest BCUT2D eigenvalue weighted by Gasteiger charge is -2.34. The van der Waals surface area contributed by atoms with E-state index in [1.54, 1.807) is 0 Å². The number of anilines is 1. The second kappa shape index (κ2) is 5.31. The number of rotatable bonds is 4. The Morgan fingerprint density at radius 3 is 2.76 bits per heavy atom. The maximum absolute atomic E-state index is 10.4. The van der Waals surface area contributed by atoms with Gasteiger partial charge in [0.1, 0.15) is 5.82 Å². The van der Waals surface area contributed by atoms with Crippen LogP contribution < -0.4 is 5.32 Å². The predicted octanol–water partition coefficient (Wildman–Crippen LogP) is 2.45. The van der Waals surface area contributed by atoms with Crippen molar-refractivity contribution in [2.75, 3.05) is 11.9 Å². The van der Waals surface area contributed by atoms with Crippen LogP contribution in [-0.2, 0) is 6.42 Å². The van der Waals surface area contributed by atoms with E-state index in [-0.39, 0.29) is 0 Å². The van der Waals surface area contributed by atoms with E-state index in [1.807, 2.05) is 6.92 Å². The fourth-order valence-electron chi connectivity index (χ4n) is 2.19. The van der Waals surface area contributed by atoms with Crippen LogP contribution in [0.2, 0.25) is 0 Å². The van der Waals surface area contributed by atoms with Crippen molar-refractivity contribution in [2.45, 2.75) is 51.6 Å². The average Bonchev–Trinajstić information content (AvgIpc) is 2.79. The van der Waals surface area contributed by atoms with Crippen molar-refractivity contribution in [3.63, 3.8) is 0 Å². The molecule has 1 aromatic heterocycles. The van der Waals surface area contributed by atoms with Gasteiger partial charge >= 0.3 is 0 Å². The third kappa shape index (κ3) is 3.39. The molecule has 2 N–H and O–H groups in total. The SMILES string of the molecule is CCc1nsc(NCC2(O)CCC(C)CC2)n1. The summed E-state index contributed by atoms with van der Waals surface area (Å²) in [4.78, 5) is 4.34. The Balaban J connectivity index is 1.84. The summed E-state index contributed by atoms with van der Waals surface area (Å²) in [5.74, 6) is 1.63. The molecule has 1 saturated carbocycles. The molecule has 0 aromatic carbocycles. The van der Waals surface area contributed by atoms with Crippen LogP contribution in [0, 0.1) is 5.92 Å². The summed E-state index contributed by atoms with van der Waals surface area (Å²) < 4.78 is 4.22. The van der Waals surface area contributed by atoms with Gasteiger partial charge in [0, 0.05) is 24.5 Å². The molecule has 0 spiro atoms. The van der Waals surface area contributed by atoms with Crippen molar-refractivity contribution in [3.8, 4) is 0 Å². The Morgan fingerprint density at radius 2 is 2.18 bits per heavy atom. The third-order valence-corrected chi connectivity index (χ3v) is 4.27. The van der Waals surface area contributed by atoms with Crippen molar-refractivity contribution in [1.82, 2.24) is 9.36 Å². The van der Waals surface area contributed by atoms with E-state index in [0.717, 1.165) is 49.0 Å². The molecule has 5 heteroatoms. The third-order valence-electron chi connectivity index (χ3n) is 3.56. The van der Waals surface area contributed by atoms with Crippen LogP contribution in [0.25, 0.3) is 0 Å². The van der Waals surface area contributed by atoms with Crippen molar-refractivity contribution in [2.24, 2.45) is 5.92 Å². The van der Waals surface area contributed by atoms with Gasteiger partial charge in [-0.3, -0.25) is 0 Å². The molecule has 1 aromatic rings. The lowest BCUT2D eigenvalue weighted by atomic mass is 9.79. The molecule has 0 atom stereocenters. The zero-order chi connectivity index (χ0) is 12.3. The van der Waals surface area contributed by atoms with E-state index in [2.05, 4.69) is 21.6 Å². The summed E-state index contributed by atoms with van der Waals surface area (Å²) in [6.45, 7) is 4.89. The maximum atomic E-state index is 10.4. The molecule has 0 bridgehead atoms. The molecule has 1 aliphatic carbocycles. The van der Waals surface area contributed by atoms with Crippen molar-refractivity contribution in [1.29, 1.82) is 0 Å². The van der Waals surface area contributed by atoms with Crippen molar-refractivity contribution >= 4 is 16.7 Å². The first-order chi connectivity index (χ1) is 8.11. The monoisotopic (exact) mass is 255 g/mol. The minimum Gasteiger partial charge on any atom is -0.388 e. The van der Waals surface area contributed by atoms with Gasteiger partial charge in [0.2, 0.25) is 5.13 Å². The molecule has 0 amide bonds. The van der Waals surface area contributed by atoms with Gasteiger partial charge in [-0.15, -0.1) is 0 Å². The summed E-state index contributed by atoms with van der Waals surface area (Å²) in [6.07, 6.45) is 4.88. The first kappa shape index (κ1) is 12.8. The topological polar surface area (TPSA) is 58.0 Å². The zero-order valence-corrected chi connectivity index (χ0v) is 11.4. The van der Waals surface area contributed by atoms with Crippen molar-refractivity contribution in [3.05, 3.63) is 5.82 Å². The quantitative estimate of drug-likeness (QED) is 0.867. The molecule has 0 radical (unpaired) electrons. The number of nitrogens with one attached hydrogen (secondary N) is 1. The highest BCUT2D eigenvalue weighted by atomic mass is 32.1. The molecule has 0 saturated heterocycles. The highest BCUT2D eigenvalue weighted by Gasteiger charge is 2.31. The van der Waals surface area contributed by atoms with Crippen LogP contribution in [-0.4, -0.2) is 26.6 Å². The van der Waals surface area contributed by atoms with Gasteiger partial charge in [-0.2, -0.15) is 4.37 Å². The Morgan fingerprint density at radius 1 is 1.47 bits per heavy atom. The first-order valence-corrected chi connectivity index (χ1v) is 7.17.